The number of fused-ring (bicyclic) bond motifs is 2. The molecule has 2 N–H and O–H groups in total. The van der Waals surface area contributed by atoms with Crippen LogP contribution in [0, 0.1) is 0 Å². The van der Waals surface area contributed by atoms with Crippen LogP contribution in [-0.4, -0.2) is 26.4 Å². The number of carboxylic acids is 1. The number of carboxylic acid groups (broad SMARTS) is 1. The zero-order chi connectivity index (χ0) is 16.7. The number of benzene rings is 1. The highest BCUT2D eigenvalue weighted by Crippen LogP contribution is 2.36. The normalized spacial score (nSPS) is 19.8. The Kier molecular flexibility index (Phi) is 3.38. The number of aryl methyl sites for hydroxylation is 1. The summed E-state index contributed by atoms with van der Waals surface area (Å²) in [5.74, 6) is -1.51. The first-order chi connectivity index (χ1) is 11.6. The molecule has 4 rings (SSSR count). The molecule has 1 aliphatic carbocycles. The van der Waals surface area contributed by atoms with Gasteiger partial charge in [0.1, 0.15) is 5.69 Å². The van der Waals surface area contributed by atoms with Gasteiger partial charge < -0.3 is 10.4 Å². The number of aromatic nitrogens is 2. The molecule has 2 heterocycles. The molecule has 7 heteroatoms. The lowest BCUT2D eigenvalue weighted by Crippen LogP contribution is -2.53. The molecule has 1 aromatic carbocycles. The minimum atomic E-state index is -1.40. The van der Waals surface area contributed by atoms with Crippen LogP contribution in [0.25, 0.3) is 4.96 Å². The third-order valence-electron chi connectivity index (χ3n) is 4.49. The Balaban J connectivity index is 1.73. The highest BCUT2D eigenvalue weighted by molar-refractivity contribution is 7.15. The number of nitrogens with one attached hydrogen (secondary N) is 1. The van der Waals surface area contributed by atoms with Crippen molar-refractivity contribution in [2.75, 3.05) is 0 Å². The number of aliphatic carboxylic acids is 1. The lowest BCUT2D eigenvalue weighted by molar-refractivity contribution is -0.145. The smallest absolute Gasteiger partial charge is 0.334 e. The largest absolute Gasteiger partial charge is 0.479 e. The van der Waals surface area contributed by atoms with Crippen LogP contribution in [0.1, 0.15) is 34.5 Å². The molecular formula is C17H15N3O3S. The molecule has 0 spiro atoms. The highest BCUT2D eigenvalue weighted by Gasteiger charge is 2.45. The minimum absolute atomic E-state index is 0.227. The minimum Gasteiger partial charge on any atom is -0.479 e. The predicted octanol–water partition coefficient (Wildman–Crippen LogP) is 2.44. The molecule has 0 bridgehead atoms. The third kappa shape index (κ3) is 2.20. The first-order valence-electron chi connectivity index (χ1n) is 7.67. The molecule has 1 aliphatic rings. The van der Waals surface area contributed by atoms with E-state index >= 15 is 0 Å². The van der Waals surface area contributed by atoms with Crippen molar-refractivity contribution in [2.45, 2.75) is 24.8 Å². The van der Waals surface area contributed by atoms with Gasteiger partial charge in [-0.3, -0.25) is 9.20 Å². The summed E-state index contributed by atoms with van der Waals surface area (Å²) in [5, 5.41) is 14.5. The average Bonchev–Trinajstić information content (AvgIpc) is 3.16. The second-order valence-corrected chi connectivity index (χ2v) is 6.77. The van der Waals surface area contributed by atoms with Gasteiger partial charge in [-0.25, -0.2) is 9.78 Å². The second kappa shape index (κ2) is 5.45. The Morgan fingerprint density at radius 3 is 2.96 bits per heavy atom. The fraction of sp³-hybridized carbons (Fsp3) is 0.235. The summed E-state index contributed by atoms with van der Waals surface area (Å²) in [4.78, 5) is 29.7. The number of nitrogens with zero attached hydrogens (tertiary/aromatic N) is 2. The van der Waals surface area contributed by atoms with Gasteiger partial charge in [0, 0.05) is 17.8 Å². The van der Waals surface area contributed by atoms with Gasteiger partial charge in [-0.05, 0) is 30.4 Å². The van der Waals surface area contributed by atoms with Crippen molar-refractivity contribution in [1.82, 2.24) is 14.7 Å². The molecule has 0 aliphatic heterocycles. The Labute approximate surface area is 141 Å². The van der Waals surface area contributed by atoms with E-state index in [9.17, 15) is 14.7 Å². The van der Waals surface area contributed by atoms with E-state index in [1.807, 2.05) is 23.7 Å². The molecular weight excluding hydrogens is 326 g/mol. The number of imidazole rings is 1. The maximum absolute atomic E-state index is 12.7. The molecule has 1 atom stereocenters. The van der Waals surface area contributed by atoms with Crippen molar-refractivity contribution in [3.8, 4) is 0 Å². The zero-order valence-electron chi connectivity index (χ0n) is 12.7. The number of hydrogen-bond donors (Lipinski definition) is 2. The van der Waals surface area contributed by atoms with E-state index in [2.05, 4.69) is 10.3 Å². The Hall–Kier alpha value is -2.67. The van der Waals surface area contributed by atoms with E-state index in [1.165, 1.54) is 11.3 Å². The first kappa shape index (κ1) is 14.9. The number of carbonyl (C=O) groups excluding carboxylic acids is 1. The van der Waals surface area contributed by atoms with Crippen LogP contribution >= 0.6 is 11.3 Å². The van der Waals surface area contributed by atoms with Gasteiger partial charge in [-0.15, -0.1) is 11.3 Å². The first-order valence-corrected chi connectivity index (χ1v) is 8.55. The molecule has 0 saturated heterocycles. The summed E-state index contributed by atoms with van der Waals surface area (Å²) in [7, 11) is 0. The van der Waals surface area contributed by atoms with Crippen LogP contribution in [0.4, 0.5) is 0 Å². The SMILES string of the molecule is O=C(N[C@@]1(C(=O)O)CCCc2ccccc21)c1cn2ccsc2n1. The van der Waals surface area contributed by atoms with Crippen molar-refractivity contribution in [3.63, 3.8) is 0 Å². The van der Waals surface area contributed by atoms with Crippen LogP contribution in [0.5, 0.6) is 0 Å². The molecule has 2 aromatic heterocycles. The number of thiazole rings is 1. The van der Waals surface area contributed by atoms with Gasteiger partial charge in [0.2, 0.25) is 0 Å². The maximum atomic E-state index is 12.7. The lowest BCUT2D eigenvalue weighted by atomic mass is 9.76. The van der Waals surface area contributed by atoms with Gasteiger partial charge in [-0.2, -0.15) is 0 Å². The highest BCUT2D eigenvalue weighted by atomic mass is 32.1. The fourth-order valence-corrected chi connectivity index (χ4v) is 4.03. The quantitative estimate of drug-likeness (QED) is 0.766. The van der Waals surface area contributed by atoms with Gasteiger partial charge in [0.15, 0.2) is 10.5 Å². The van der Waals surface area contributed by atoms with Crippen molar-refractivity contribution in [2.24, 2.45) is 0 Å². The van der Waals surface area contributed by atoms with E-state index in [-0.39, 0.29) is 5.69 Å². The standard InChI is InChI=1S/C17H15N3O3S/c21-14(13-10-20-8-9-24-16(20)18-13)19-17(15(22)23)7-3-5-11-4-1-2-6-12(11)17/h1-2,4,6,8-10H,3,5,7H2,(H,19,21)(H,22,23)/t17-/m0/s1. The van der Waals surface area contributed by atoms with Gasteiger partial charge in [0.25, 0.3) is 5.91 Å². The summed E-state index contributed by atoms with van der Waals surface area (Å²) >= 11 is 1.42. The summed E-state index contributed by atoms with van der Waals surface area (Å²) in [6.45, 7) is 0. The van der Waals surface area contributed by atoms with Crippen molar-refractivity contribution in [3.05, 3.63) is 58.9 Å². The zero-order valence-corrected chi connectivity index (χ0v) is 13.5. The van der Waals surface area contributed by atoms with Crippen molar-refractivity contribution < 1.29 is 14.7 Å². The molecule has 0 unspecified atom stereocenters. The topological polar surface area (TPSA) is 83.7 Å². The monoisotopic (exact) mass is 341 g/mol. The average molecular weight is 341 g/mol. The second-order valence-electron chi connectivity index (χ2n) is 5.89. The summed E-state index contributed by atoms with van der Waals surface area (Å²) in [6.07, 6.45) is 5.33. The fourth-order valence-electron chi connectivity index (χ4n) is 3.33. The molecule has 3 aromatic rings. The predicted molar refractivity (Wildman–Crippen MR) is 89.2 cm³/mol. The van der Waals surface area contributed by atoms with Crippen LogP contribution < -0.4 is 5.32 Å². The molecule has 0 saturated carbocycles. The number of rotatable bonds is 3. The van der Waals surface area contributed by atoms with E-state index in [0.717, 1.165) is 12.0 Å². The van der Waals surface area contributed by atoms with E-state index in [4.69, 9.17) is 0 Å². The summed E-state index contributed by atoms with van der Waals surface area (Å²) < 4.78 is 1.75. The molecule has 0 fully saturated rings. The molecule has 6 nitrogen and oxygen atoms in total. The molecule has 24 heavy (non-hydrogen) atoms. The van der Waals surface area contributed by atoms with Crippen LogP contribution in [0.2, 0.25) is 0 Å². The van der Waals surface area contributed by atoms with E-state index in [0.29, 0.717) is 23.4 Å². The Bertz CT molecular complexity index is 917. The van der Waals surface area contributed by atoms with Gasteiger partial charge in [0.05, 0.1) is 0 Å². The third-order valence-corrected chi connectivity index (χ3v) is 5.26. The molecule has 0 radical (unpaired) electrons. The molecule has 122 valence electrons. The van der Waals surface area contributed by atoms with Crippen LogP contribution in [0.15, 0.2) is 42.0 Å². The van der Waals surface area contributed by atoms with E-state index < -0.39 is 17.4 Å². The Morgan fingerprint density at radius 1 is 1.33 bits per heavy atom. The van der Waals surface area contributed by atoms with Gasteiger partial charge in [-0.1, -0.05) is 24.3 Å². The summed E-state index contributed by atoms with van der Waals surface area (Å²) in [5.41, 5.74) is 0.462. The number of hydrogen-bond acceptors (Lipinski definition) is 4. The maximum Gasteiger partial charge on any atom is 0.334 e. The van der Waals surface area contributed by atoms with E-state index in [1.54, 1.807) is 22.7 Å². The number of amides is 1. The number of carbonyl (C=O) groups is 2. The molecule has 1 amide bonds. The van der Waals surface area contributed by atoms with Crippen LogP contribution in [0.3, 0.4) is 0 Å². The van der Waals surface area contributed by atoms with Crippen LogP contribution in [-0.2, 0) is 16.8 Å². The van der Waals surface area contributed by atoms with Crippen molar-refractivity contribution in [1.29, 1.82) is 0 Å². The summed E-state index contributed by atoms with van der Waals surface area (Å²) in [6, 6.07) is 7.41. The lowest BCUT2D eigenvalue weighted by Gasteiger charge is -2.36. The Morgan fingerprint density at radius 2 is 2.17 bits per heavy atom. The van der Waals surface area contributed by atoms with Crippen molar-refractivity contribution >= 4 is 28.2 Å². The van der Waals surface area contributed by atoms with Gasteiger partial charge >= 0.3 is 5.97 Å².